The lowest BCUT2D eigenvalue weighted by Gasteiger charge is -2.37. The molecule has 6 rings (SSSR count). The molecular formula is C24H21ClN2O5. The van der Waals surface area contributed by atoms with Gasteiger partial charge in [0.2, 0.25) is 0 Å². The summed E-state index contributed by atoms with van der Waals surface area (Å²) in [6, 6.07) is 8.33. The lowest BCUT2D eigenvalue weighted by Crippen LogP contribution is -2.38. The molecule has 2 amide bonds. The number of carbonyl (C=O) groups is 3. The van der Waals surface area contributed by atoms with E-state index in [-0.39, 0.29) is 52.7 Å². The first-order valence-electron chi connectivity index (χ1n) is 10.6. The van der Waals surface area contributed by atoms with Crippen molar-refractivity contribution in [1.29, 1.82) is 0 Å². The lowest BCUT2D eigenvalue weighted by atomic mass is 9.63. The van der Waals surface area contributed by atoms with Crippen LogP contribution >= 0.6 is 11.6 Å². The first kappa shape index (κ1) is 20.7. The van der Waals surface area contributed by atoms with Gasteiger partial charge >= 0.3 is 5.97 Å². The third-order valence-electron chi connectivity index (χ3n) is 6.41. The van der Waals surface area contributed by atoms with Gasteiger partial charge in [-0.15, -0.1) is 0 Å². The fraction of sp³-hybridized carbons (Fsp3) is 0.333. The number of hydrogen-bond acceptors (Lipinski definition) is 6. The second-order valence-electron chi connectivity index (χ2n) is 8.19. The molecule has 1 aliphatic heterocycles. The Labute approximate surface area is 189 Å². The van der Waals surface area contributed by atoms with Crippen LogP contribution < -0.4 is 0 Å². The summed E-state index contributed by atoms with van der Waals surface area (Å²) in [7, 11) is 0. The topological polar surface area (TPSA) is 89.2 Å². The predicted octanol–water partition coefficient (Wildman–Crippen LogP) is 4.31. The van der Waals surface area contributed by atoms with Crippen LogP contribution in [-0.4, -0.2) is 35.6 Å². The quantitative estimate of drug-likeness (QED) is 0.292. The van der Waals surface area contributed by atoms with Gasteiger partial charge in [-0.1, -0.05) is 23.8 Å². The van der Waals surface area contributed by atoms with E-state index in [0.29, 0.717) is 17.1 Å². The number of hydrogen-bond donors (Lipinski definition) is 0. The van der Waals surface area contributed by atoms with Crippen LogP contribution in [0.15, 0.2) is 52.0 Å². The number of nitrogens with zero attached hydrogens (tertiary/aromatic N) is 2. The van der Waals surface area contributed by atoms with E-state index >= 15 is 0 Å². The number of rotatable bonds is 5. The Bertz CT molecular complexity index is 1130. The summed E-state index contributed by atoms with van der Waals surface area (Å²) >= 11 is 6.12. The van der Waals surface area contributed by atoms with E-state index in [2.05, 4.69) is 17.3 Å². The Balaban J connectivity index is 1.35. The molecule has 4 aliphatic rings. The molecule has 4 atom stereocenters. The number of imide groups is 1. The Morgan fingerprint density at radius 2 is 1.84 bits per heavy atom. The van der Waals surface area contributed by atoms with Gasteiger partial charge in [0.05, 0.1) is 35.2 Å². The van der Waals surface area contributed by atoms with E-state index < -0.39 is 5.97 Å². The monoisotopic (exact) mass is 452 g/mol. The minimum atomic E-state index is -0.510. The standard InChI is InChI=1S/C24H21ClN2O5/c1-2-31-24(30)17-11-15(7-9-18(17)25)19-10-8-16(32-19)12-26-27-22(28)20-13-3-4-14(6-5-13)21(20)23(27)29/h3-4,7-14,20-21H,2,5-6H2,1H3/b26-12-/t13-,14-,20-,21-/m0/s1. The average Bonchev–Trinajstić information content (AvgIpc) is 3.38. The number of allylic oxidation sites excluding steroid dienone is 2. The van der Waals surface area contributed by atoms with Crippen LogP contribution in [-0.2, 0) is 14.3 Å². The number of amides is 2. The molecule has 1 aromatic carbocycles. The van der Waals surface area contributed by atoms with Crippen LogP contribution in [0.4, 0.5) is 0 Å². The Hall–Kier alpha value is -3.19. The Morgan fingerprint density at radius 3 is 2.47 bits per heavy atom. The highest BCUT2D eigenvalue weighted by Gasteiger charge is 2.56. The first-order chi connectivity index (χ1) is 15.5. The maximum absolute atomic E-state index is 12.8. The number of furan rings is 1. The largest absolute Gasteiger partial charge is 0.462 e. The molecule has 2 bridgehead atoms. The van der Waals surface area contributed by atoms with E-state index in [4.69, 9.17) is 20.8 Å². The number of hydrazone groups is 1. The molecule has 0 N–H and O–H groups in total. The smallest absolute Gasteiger partial charge is 0.339 e. The van der Waals surface area contributed by atoms with Crippen molar-refractivity contribution in [2.24, 2.45) is 28.8 Å². The molecule has 1 saturated carbocycles. The van der Waals surface area contributed by atoms with Crippen LogP contribution in [0.3, 0.4) is 0 Å². The van der Waals surface area contributed by atoms with Crippen LogP contribution in [0.5, 0.6) is 0 Å². The summed E-state index contributed by atoms with van der Waals surface area (Å²) in [6.45, 7) is 1.97. The van der Waals surface area contributed by atoms with Crippen molar-refractivity contribution in [3.8, 4) is 11.3 Å². The van der Waals surface area contributed by atoms with Gasteiger partial charge in [-0.3, -0.25) is 9.59 Å². The molecular weight excluding hydrogens is 432 g/mol. The predicted molar refractivity (Wildman–Crippen MR) is 117 cm³/mol. The van der Waals surface area contributed by atoms with Crippen molar-refractivity contribution in [1.82, 2.24) is 5.01 Å². The molecule has 3 aliphatic carbocycles. The van der Waals surface area contributed by atoms with Gasteiger partial charge in [0.25, 0.3) is 11.8 Å². The lowest BCUT2D eigenvalue weighted by molar-refractivity contribution is -0.140. The van der Waals surface area contributed by atoms with Crippen molar-refractivity contribution in [2.45, 2.75) is 19.8 Å². The van der Waals surface area contributed by atoms with Crippen LogP contribution in [0, 0.1) is 23.7 Å². The molecule has 0 radical (unpaired) electrons. The Kier molecular flexibility index (Phi) is 5.21. The molecule has 7 nitrogen and oxygen atoms in total. The number of ether oxygens (including phenoxy) is 1. The zero-order valence-corrected chi connectivity index (χ0v) is 18.1. The van der Waals surface area contributed by atoms with Crippen LogP contribution in [0.1, 0.15) is 35.9 Å². The maximum atomic E-state index is 12.8. The number of carbonyl (C=O) groups excluding carboxylic acids is 3. The van der Waals surface area contributed by atoms with Crippen molar-refractivity contribution in [3.63, 3.8) is 0 Å². The van der Waals surface area contributed by atoms with E-state index in [1.54, 1.807) is 37.3 Å². The number of fused-ring (bicyclic) bond motifs is 1. The van der Waals surface area contributed by atoms with Crippen molar-refractivity contribution >= 4 is 35.6 Å². The van der Waals surface area contributed by atoms with Gasteiger partial charge in [0.15, 0.2) is 0 Å². The summed E-state index contributed by atoms with van der Waals surface area (Å²) in [5.74, 6) is -0.475. The van der Waals surface area contributed by atoms with Crippen molar-refractivity contribution < 1.29 is 23.5 Å². The fourth-order valence-electron chi connectivity index (χ4n) is 4.91. The van der Waals surface area contributed by atoms with E-state index in [9.17, 15) is 14.4 Å². The van der Waals surface area contributed by atoms with Crippen molar-refractivity contribution in [2.75, 3.05) is 6.61 Å². The minimum absolute atomic E-state index is 0.121. The zero-order chi connectivity index (χ0) is 22.4. The third kappa shape index (κ3) is 3.37. The summed E-state index contributed by atoms with van der Waals surface area (Å²) in [4.78, 5) is 37.8. The fourth-order valence-corrected chi connectivity index (χ4v) is 5.10. The van der Waals surface area contributed by atoms with Gasteiger partial charge in [0, 0.05) is 5.56 Å². The normalized spacial score (nSPS) is 26.2. The van der Waals surface area contributed by atoms with E-state index in [1.165, 1.54) is 6.21 Å². The minimum Gasteiger partial charge on any atom is -0.462 e. The summed E-state index contributed by atoms with van der Waals surface area (Å²) < 4.78 is 10.8. The van der Waals surface area contributed by atoms with Crippen molar-refractivity contribution in [3.05, 3.63) is 58.8 Å². The van der Waals surface area contributed by atoms with Gasteiger partial charge in [-0.2, -0.15) is 10.1 Å². The summed E-state index contributed by atoms with van der Waals surface area (Å²) in [6.07, 6.45) is 7.39. The van der Waals surface area contributed by atoms with Crippen LogP contribution in [0.2, 0.25) is 5.02 Å². The summed E-state index contributed by atoms with van der Waals surface area (Å²) in [5, 5.41) is 5.45. The number of halogens is 1. The van der Waals surface area contributed by atoms with Gasteiger partial charge in [-0.05, 0) is 61.9 Å². The molecule has 0 spiro atoms. The first-order valence-corrected chi connectivity index (χ1v) is 11.0. The average molecular weight is 453 g/mol. The van der Waals surface area contributed by atoms with Crippen LogP contribution in [0.25, 0.3) is 11.3 Å². The third-order valence-corrected chi connectivity index (χ3v) is 6.74. The maximum Gasteiger partial charge on any atom is 0.339 e. The number of esters is 1. The Morgan fingerprint density at radius 1 is 1.16 bits per heavy atom. The molecule has 1 saturated heterocycles. The van der Waals surface area contributed by atoms with Gasteiger partial charge in [-0.25, -0.2) is 4.79 Å². The second-order valence-corrected chi connectivity index (χ2v) is 8.60. The van der Waals surface area contributed by atoms with Gasteiger partial charge < -0.3 is 9.15 Å². The highest BCUT2D eigenvalue weighted by Crippen LogP contribution is 2.49. The SMILES string of the molecule is CCOC(=O)c1cc(-c2ccc(/C=N\N3C(=O)[C@@H]4[C@@H](C3=O)[C@H]3C=C[C@H]4CC3)o2)ccc1Cl. The van der Waals surface area contributed by atoms with E-state index in [0.717, 1.165) is 17.9 Å². The van der Waals surface area contributed by atoms with Gasteiger partial charge in [0.1, 0.15) is 11.5 Å². The molecule has 0 unspecified atom stereocenters. The molecule has 2 fully saturated rings. The second kappa shape index (κ2) is 8.06. The zero-order valence-electron chi connectivity index (χ0n) is 17.4. The highest BCUT2D eigenvalue weighted by atomic mass is 35.5. The molecule has 164 valence electrons. The molecule has 1 aromatic heterocycles. The number of benzene rings is 1. The molecule has 2 heterocycles. The van der Waals surface area contributed by atoms with E-state index in [1.807, 2.05) is 0 Å². The summed E-state index contributed by atoms with van der Waals surface area (Å²) in [5.41, 5.74) is 0.885. The highest BCUT2D eigenvalue weighted by molar-refractivity contribution is 6.33. The molecule has 32 heavy (non-hydrogen) atoms. The molecule has 8 heteroatoms. The molecule has 2 aromatic rings.